The van der Waals surface area contributed by atoms with Crippen molar-refractivity contribution in [3.63, 3.8) is 0 Å². The quantitative estimate of drug-likeness (QED) is 0.261. The molecule has 1 heterocycles. The van der Waals surface area contributed by atoms with E-state index < -0.39 is 12.0 Å². The number of amides is 1. The minimum atomic E-state index is -0.631. The summed E-state index contributed by atoms with van der Waals surface area (Å²) < 4.78 is 7.45. The van der Waals surface area contributed by atoms with Gasteiger partial charge in [0.25, 0.3) is 5.91 Å². The van der Waals surface area contributed by atoms with Gasteiger partial charge in [-0.1, -0.05) is 77.7 Å². The lowest BCUT2D eigenvalue weighted by Crippen LogP contribution is -2.26. The Morgan fingerprint density at radius 3 is 2.24 bits per heavy atom. The fourth-order valence-corrected chi connectivity index (χ4v) is 3.21. The van der Waals surface area contributed by atoms with Crippen molar-refractivity contribution >= 4 is 5.91 Å². The number of benzene rings is 3. The number of aromatic nitrogens is 3. The fraction of sp³-hybridized carbons (Fsp3) is 0.115. The first-order valence-corrected chi connectivity index (χ1v) is 10.4. The smallest absolute Gasteiger partial charge is 0.269 e. The van der Waals surface area contributed by atoms with Gasteiger partial charge in [0, 0.05) is 16.7 Å². The number of nitrogens with one attached hydrogen (secondary N) is 1. The Bertz CT molecular complexity index is 1240. The zero-order valence-corrected chi connectivity index (χ0v) is 17.8. The maximum Gasteiger partial charge on any atom is 0.269 e. The molecule has 0 saturated carbocycles. The molecule has 0 aliphatic carbocycles. The van der Waals surface area contributed by atoms with Gasteiger partial charge < -0.3 is 4.74 Å². The maximum absolute atomic E-state index is 11.5. The number of rotatable bonds is 7. The van der Waals surface area contributed by atoms with E-state index in [-0.39, 0.29) is 6.61 Å². The van der Waals surface area contributed by atoms with Gasteiger partial charge in [0.15, 0.2) is 0 Å². The van der Waals surface area contributed by atoms with E-state index in [0.29, 0.717) is 6.54 Å². The lowest BCUT2D eigenvalue weighted by Gasteiger charge is -2.17. The van der Waals surface area contributed by atoms with Crippen LogP contribution in [0, 0.1) is 11.8 Å². The number of hydroxylamine groups is 1. The Kier molecular flexibility index (Phi) is 7.23. The zero-order valence-electron chi connectivity index (χ0n) is 17.8. The molecule has 4 rings (SSSR count). The molecule has 2 N–H and O–H groups in total. The van der Waals surface area contributed by atoms with E-state index in [0.717, 1.165) is 27.9 Å². The second-order valence-corrected chi connectivity index (χ2v) is 7.26. The van der Waals surface area contributed by atoms with Gasteiger partial charge in [-0.15, -0.1) is 5.10 Å². The van der Waals surface area contributed by atoms with Crippen molar-refractivity contribution in [1.29, 1.82) is 0 Å². The normalized spacial score (nSPS) is 11.3. The molecule has 0 aliphatic heterocycles. The lowest BCUT2D eigenvalue weighted by atomic mass is 10.1. The van der Waals surface area contributed by atoms with Crippen LogP contribution in [-0.2, 0) is 16.1 Å². The number of nitrogens with zero attached hydrogens (tertiary/aromatic N) is 3. The number of hydrogen-bond donors (Lipinski definition) is 2. The summed E-state index contributed by atoms with van der Waals surface area (Å²) in [5.74, 6) is 5.64. The van der Waals surface area contributed by atoms with Gasteiger partial charge in [-0.3, -0.25) is 10.0 Å². The Morgan fingerprint density at radius 1 is 0.939 bits per heavy atom. The molecule has 3 aromatic carbocycles. The van der Waals surface area contributed by atoms with Crippen LogP contribution in [0.5, 0.6) is 0 Å². The standard InChI is InChI=1S/C26H22N4O3/c31-26(28-32)19-33-25(18-30-17-24(27-29-30)22-9-5-2-6-10-22)23-15-13-21(14-16-23)12-11-20-7-3-1-4-8-20/h1-10,13-17,25,32H,18-19H2,(H,28,31)/t25-/m1/s1. The van der Waals surface area contributed by atoms with Crippen LogP contribution in [0.4, 0.5) is 0 Å². The number of carbonyl (C=O) groups excluding carboxylic acids is 1. The molecular formula is C26H22N4O3. The number of carbonyl (C=O) groups is 1. The minimum Gasteiger partial charge on any atom is -0.362 e. The second kappa shape index (κ2) is 10.9. The summed E-state index contributed by atoms with van der Waals surface area (Å²) in [5, 5.41) is 17.2. The van der Waals surface area contributed by atoms with Crippen LogP contribution in [0.25, 0.3) is 11.3 Å². The maximum atomic E-state index is 11.5. The van der Waals surface area contributed by atoms with Crippen molar-refractivity contribution in [3.8, 4) is 23.1 Å². The average molecular weight is 438 g/mol. The van der Waals surface area contributed by atoms with Gasteiger partial charge in [-0.05, 0) is 29.8 Å². The molecule has 0 bridgehead atoms. The van der Waals surface area contributed by atoms with E-state index in [4.69, 9.17) is 9.94 Å². The zero-order chi connectivity index (χ0) is 22.9. The van der Waals surface area contributed by atoms with Gasteiger partial charge in [0.1, 0.15) is 18.4 Å². The molecule has 0 fully saturated rings. The molecule has 1 aromatic heterocycles. The predicted molar refractivity (Wildman–Crippen MR) is 123 cm³/mol. The highest BCUT2D eigenvalue weighted by Crippen LogP contribution is 2.22. The molecule has 0 aliphatic rings. The van der Waals surface area contributed by atoms with E-state index in [9.17, 15) is 4.79 Å². The summed E-state index contributed by atoms with van der Waals surface area (Å²) in [6.07, 6.45) is 1.35. The van der Waals surface area contributed by atoms with E-state index >= 15 is 0 Å². The largest absolute Gasteiger partial charge is 0.362 e. The third-order valence-electron chi connectivity index (χ3n) is 4.91. The van der Waals surface area contributed by atoms with E-state index in [2.05, 4.69) is 22.2 Å². The fourth-order valence-electron chi connectivity index (χ4n) is 3.21. The molecule has 33 heavy (non-hydrogen) atoms. The molecule has 0 spiro atoms. The first-order valence-electron chi connectivity index (χ1n) is 10.4. The molecular weight excluding hydrogens is 416 g/mol. The molecule has 1 amide bonds. The minimum absolute atomic E-state index is 0.295. The van der Waals surface area contributed by atoms with Crippen LogP contribution >= 0.6 is 0 Å². The van der Waals surface area contributed by atoms with Crippen LogP contribution in [0.2, 0.25) is 0 Å². The Morgan fingerprint density at radius 2 is 1.58 bits per heavy atom. The third kappa shape index (κ3) is 6.14. The summed E-state index contributed by atoms with van der Waals surface area (Å²) in [5.41, 5.74) is 5.95. The van der Waals surface area contributed by atoms with E-state index in [1.54, 1.807) is 10.2 Å². The molecule has 4 aromatic rings. The van der Waals surface area contributed by atoms with Crippen molar-refractivity contribution in [3.05, 3.63) is 108 Å². The van der Waals surface area contributed by atoms with Gasteiger partial charge in [-0.2, -0.15) is 0 Å². The van der Waals surface area contributed by atoms with Crippen LogP contribution in [0.15, 0.2) is 91.1 Å². The van der Waals surface area contributed by atoms with Crippen molar-refractivity contribution in [2.45, 2.75) is 12.6 Å². The Labute approximate surface area is 191 Å². The summed E-state index contributed by atoms with van der Waals surface area (Å²) >= 11 is 0. The summed E-state index contributed by atoms with van der Waals surface area (Å²) in [7, 11) is 0. The number of hydrogen-bond acceptors (Lipinski definition) is 5. The Hall–Kier alpha value is -4.25. The van der Waals surface area contributed by atoms with E-state index in [1.807, 2.05) is 91.1 Å². The molecule has 164 valence electrons. The molecule has 7 nitrogen and oxygen atoms in total. The first-order chi connectivity index (χ1) is 16.2. The van der Waals surface area contributed by atoms with Gasteiger partial charge in [0.2, 0.25) is 0 Å². The first kappa shape index (κ1) is 22.0. The Balaban J connectivity index is 1.51. The monoisotopic (exact) mass is 438 g/mol. The highest BCUT2D eigenvalue weighted by atomic mass is 16.5. The van der Waals surface area contributed by atoms with Crippen molar-refractivity contribution in [2.24, 2.45) is 0 Å². The third-order valence-corrected chi connectivity index (χ3v) is 4.91. The predicted octanol–water partition coefficient (Wildman–Crippen LogP) is 3.61. The average Bonchev–Trinajstić information content (AvgIpc) is 3.35. The molecule has 0 radical (unpaired) electrons. The molecule has 0 saturated heterocycles. The molecule has 0 unspecified atom stereocenters. The van der Waals surface area contributed by atoms with Gasteiger partial charge in [0.05, 0.1) is 12.7 Å². The number of ether oxygens (including phenoxy) is 1. The van der Waals surface area contributed by atoms with Crippen LogP contribution in [-0.4, -0.2) is 32.7 Å². The topological polar surface area (TPSA) is 89.3 Å². The molecule has 1 atom stereocenters. The van der Waals surface area contributed by atoms with Crippen LogP contribution in [0.1, 0.15) is 22.8 Å². The molecule has 7 heteroatoms. The van der Waals surface area contributed by atoms with Crippen LogP contribution < -0.4 is 5.48 Å². The van der Waals surface area contributed by atoms with E-state index in [1.165, 1.54) is 0 Å². The van der Waals surface area contributed by atoms with Gasteiger partial charge >= 0.3 is 0 Å². The van der Waals surface area contributed by atoms with Crippen molar-refractivity contribution in [1.82, 2.24) is 20.5 Å². The highest BCUT2D eigenvalue weighted by molar-refractivity contribution is 5.75. The SMILES string of the molecule is O=C(CO[C@H](Cn1cc(-c2ccccc2)nn1)c1ccc(C#Cc2ccccc2)cc1)NO. The second-order valence-electron chi connectivity index (χ2n) is 7.26. The summed E-state index contributed by atoms with van der Waals surface area (Å²) in [6.45, 7) is 0.0462. The lowest BCUT2D eigenvalue weighted by molar-refractivity contribution is -0.136. The van der Waals surface area contributed by atoms with Crippen LogP contribution in [0.3, 0.4) is 0 Å². The summed E-state index contributed by atoms with van der Waals surface area (Å²) in [4.78, 5) is 11.5. The highest BCUT2D eigenvalue weighted by Gasteiger charge is 2.16. The summed E-state index contributed by atoms with van der Waals surface area (Å²) in [6, 6.07) is 27.1. The van der Waals surface area contributed by atoms with Crippen molar-refractivity contribution in [2.75, 3.05) is 6.61 Å². The van der Waals surface area contributed by atoms with Crippen molar-refractivity contribution < 1.29 is 14.7 Å². The van der Waals surface area contributed by atoms with Gasteiger partial charge in [-0.25, -0.2) is 10.2 Å².